The minimum absolute atomic E-state index is 0.000181. The summed E-state index contributed by atoms with van der Waals surface area (Å²) in [6, 6.07) is 3.80. The van der Waals surface area contributed by atoms with Crippen LogP contribution in [0.4, 0.5) is 5.95 Å². The quantitative estimate of drug-likeness (QED) is 0.926. The van der Waals surface area contributed by atoms with Gasteiger partial charge in [0.15, 0.2) is 0 Å². The molecular weight excluding hydrogens is 316 g/mol. The number of hydrogen-bond donors (Lipinski definition) is 1. The van der Waals surface area contributed by atoms with Crippen molar-refractivity contribution in [2.75, 3.05) is 31.1 Å². The second kappa shape index (κ2) is 6.82. The number of rotatable bonds is 3. The lowest BCUT2D eigenvalue weighted by Gasteiger charge is -2.31. The fourth-order valence-corrected chi connectivity index (χ4v) is 3.75. The summed E-state index contributed by atoms with van der Waals surface area (Å²) in [6.07, 6.45) is 6.09. The van der Waals surface area contributed by atoms with E-state index in [9.17, 15) is 4.79 Å². The number of nitrogens with zero attached hydrogens (tertiary/aromatic N) is 5. The lowest BCUT2D eigenvalue weighted by atomic mass is 9.94. The van der Waals surface area contributed by atoms with Gasteiger partial charge >= 0.3 is 0 Å². The molecule has 4 rings (SSSR count). The van der Waals surface area contributed by atoms with E-state index in [1.165, 1.54) is 12.8 Å². The predicted octanol–water partition coefficient (Wildman–Crippen LogP) is 2.13. The van der Waals surface area contributed by atoms with Crippen LogP contribution in [0.5, 0.6) is 0 Å². The van der Waals surface area contributed by atoms with E-state index in [1.807, 2.05) is 11.8 Å². The molecule has 2 aliphatic heterocycles. The third-order valence-electron chi connectivity index (χ3n) is 5.10. The second-order valence-electron chi connectivity index (χ2n) is 7.00. The number of H-pyrrole nitrogens is 1. The number of nitrogens with one attached hydrogen (secondary N) is 1. The fourth-order valence-electron chi connectivity index (χ4n) is 3.75. The van der Waals surface area contributed by atoms with E-state index in [-0.39, 0.29) is 5.91 Å². The summed E-state index contributed by atoms with van der Waals surface area (Å²) in [7, 11) is 0. The first-order valence-corrected chi connectivity index (χ1v) is 9.10. The van der Waals surface area contributed by atoms with Crippen molar-refractivity contribution in [3.63, 3.8) is 0 Å². The van der Waals surface area contributed by atoms with Crippen molar-refractivity contribution in [2.24, 2.45) is 0 Å². The van der Waals surface area contributed by atoms with Gasteiger partial charge in [-0.1, -0.05) is 0 Å². The highest BCUT2D eigenvalue weighted by molar-refractivity contribution is 5.92. The van der Waals surface area contributed by atoms with E-state index in [0.29, 0.717) is 24.1 Å². The second-order valence-corrected chi connectivity index (χ2v) is 7.00. The molecule has 0 aliphatic carbocycles. The van der Waals surface area contributed by atoms with Crippen LogP contribution in [0.25, 0.3) is 0 Å². The summed E-state index contributed by atoms with van der Waals surface area (Å²) in [5, 5.41) is 7.38. The van der Waals surface area contributed by atoms with Crippen molar-refractivity contribution < 1.29 is 4.79 Å². The molecule has 132 valence electrons. The maximum atomic E-state index is 12.9. The van der Waals surface area contributed by atoms with Crippen molar-refractivity contribution >= 4 is 11.9 Å². The highest BCUT2D eigenvalue weighted by atomic mass is 16.2. The van der Waals surface area contributed by atoms with Crippen LogP contribution in [-0.4, -0.2) is 57.2 Å². The molecule has 4 heterocycles. The number of aromatic nitrogens is 4. The van der Waals surface area contributed by atoms with Gasteiger partial charge < -0.3 is 9.80 Å². The lowest BCUT2D eigenvalue weighted by molar-refractivity contribution is 0.0700. The normalized spacial score (nSPS) is 20.9. The largest absolute Gasteiger partial charge is 0.341 e. The molecule has 7 heteroatoms. The number of anilines is 1. The zero-order valence-electron chi connectivity index (χ0n) is 14.6. The topological polar surface area (TPSA) is 78.0 Å². The Hall–Kier alpha value is -2.44. The molecule has 2 aliphatic rings. The third-order valence-corrected chi connectivity index (χ3v) is 5.10. The monoisotopic (exact) mass is 340 g/mol. The molecule has 0 unspecified atom stereocenters. The van der Waals surface area contributed by atoms with Crippen LogP contribution in [0, 0.1) is 6.92 Å². The van der Waals surface area contributed by atoms with E-state index in [0.717, 1.165) is 43.9 Å². The maximum absolute atomic E-state index is 12.9. The van der Waals surface area contributed by atoms with Gasteiger partial charge in [-0.05, 0) is 44.7 Å². The standard InChI is InChI=1S/C18H24N6O/c1-13-11-16(22-21-13)14-5-4-10-24(12-14)17(25)15-6-7-19-18(20-15)23-8-2-3-9-23/h6-7,11,14H,2-5,8-10,12H2,1H3,(H,21,22)/t14-/m1/s1. The number of amides is 1. The number of piperidine rings is 1. The van der Waals surface area contributed by atoms with Crippen molar-refractivity contribution in [1.82, 2.24) is 25.1 Å². The molecule has 0 radical (unpaired) electrons. The summed E-state index contributed by atoms with van der Waals surface area (Å²) < 4.78 is 0. The SMILES string of the molecule is Cc1cc([C@@H]2CCCN(C(=O)c3ccnc(N4CCCC4)n3)C2)n[nH]1. The van der Waals surface area contributed by atoms with Gasteiger partial charge in [0, 0.05) is 44.0 Å². The number of aromatic amines is 1. The molecule has 2 aromatic heterocycles. The first-order chi connectivity index (χ1) is 12.2. The Labute approximate surface area is 147 Å². The molecule has 0 bridgehead atoms. The average molecular weight is 340 g/mol. The Morgan fingerprint density at radius 1 is 1.24 bits per heavy atom. The fraction of sp³-hybridized carbons (Fsp3) is 0.556. The average Bonchev–Trinajstić information content (AvgIpc) is 3.33. The molecule has 2 fully saturated rings. The number of aryl methyl sites for hydroxylation is 1. The van der Waals surface area contributed by atoms with Gasteiger partial charge in [-0.3, -0.25) is 9.89 Å². The van der Waals surface area contributed by atoms with Crippen LogP contribution in [0.1, 0.15) is 53.5 Å². The number of carbonyl (C=O) groups excluding carboxylic acids is 1. The van der Waals surface area contributed by atoms with Crippen LogP contribution in [-0.2, 0) is 0 Å². The Bertz CT molecular complexity index is 752. The summed E-state index contributed by atoms with van der Waals surface area (Å²) in [6.45, 7) is 5.43. The van der Waals surface area contributed by atoms with Gasteiger partial charge in [0.2, 0.25) is 5.95 Å². The first kappa shape index (κ1) is 16.1. The van der Waals surface area contributed by atoms with Crippen LogP contribution >= 0.6 is 0 Å². The molecule has 0 saturated carbocycles. The summed E-state index contributed by atoms with van der Waals surface area (Å²) in [5.41, 5.74) is 2.61. The number of hydrogen-bond acceptors (Lipinski definition) is 5. The van der Waals surface area contributed by atoms with E-state index >= 15 is 0 Å². The summed E-state index contributed by atoms with van der Waals surface area (Å²) >= 11 is 0. The van der Waals surface area contributed by atoms with E-state index in [1.54, 1.807) is 12.3 Å². The van der Waals surface area contributed by atoms with E-state index < -0.39 is 0 Å². The van der Waals surface area contributed by atoms with Gasteiger partial charge in [-0.2, -0.15) is 5.10 Å². The van der Waals surface area contributed by atoms with E-state index in [4.69, 9.17) is 0 Å². The molecule has 7 nitrogen and oxygen atoms in total. The van der Waals surface area contributed by atoms with Gasteiger partial charge in [0.25, 0.3) is 5.91 Å². The molecular formula is C18H24N6O. The summed E-state index contributed by atoms with van der Waals surface area (Å²) in [5.74, 6) is 0.974. The van der Waals surface area contributed by atoms with Crippen LogP contribution in [0.2, 0.25) is 0 Å². The predicted molar refractivity (Wildman–Crippen MR) is 94.7 cm³/mol. The minimum atomic E-state index is -0.000181. The molecule has 25 heavy (non-hydrogen) atoms. The maximum Gasteiger partial charge on any atom is 0.272 e. The first-order valence-electron chi connectivity index (χ1n) is 9.10. The molecule has 1 N–H and O–H groups in total. The van der Waals surface area contributed by atoms with Crippen molar-refractivity contribution in [3.05, 3.63) is 35.4 Å². The molecule has 1 amide bonds. The van der Waals surface area contributed by atoms with Crippen LogP contribution in [0.15, 0.2) is 18.3 Å². The minimum Gasteiger partial charge on any atom is -0.341 e. The molecule has 0 spiro atoms. The van der Waals surface area contributed by atoms with Crippen molar-refractivity contribution in [1.29, 1.82) is 0 Å². The Kier molecular flexibility index (Phi) is 4.38. The molecule has 2 saturated heterocycles. The highest BCUT2D eigenvalue weighted by Gasteiger charge is 2.28. The van der Waals surface area contributed by atoms with Crippen molar-refractivity contribution in [2.45, 2.75) is 38.5 Å². The van der Waals surface area contributed by atoms with Gasteiger partial charge in [-0.25, -0.2) is 9.97 Å². The Morgan fingerprint density at radius 3 is 2.84 bits per heavy atom. The zero-order chi connectivity index (χ0) is 17.2. The molecule has 0 aromatic carbocycles. The molecule has 1 atom stereocenters. The van der Waals surface area contributed by atoms with E-state index in [2.05, 4.69) is 31.1 Å². The van der Waals surface area contributed by atoms with Crippen LogP contribution in [0.3, 0.4) is 0 Å². The van der Waals surface area contributed by atoms with Crippen LogP contribution < -0.4 is 4.90 Å². The van der Waals surface area contributed by atoms with Gasteiger partial charge in [0.05, 0.1) is 5.69 Å². The third kappa shape index (κ3) is 3.36. The number of carbonyl (C=O) groups is 1. The van der Waals surface area contributed by atoms with Crippen molar-refractivity contribution in [3.8, 4) is 0 Å². The zero-order valence-corrected chi connectivity index (χ0v) is 14.6. The Balaban J connectivity index is 1.49. The Morgan fingerprint density at radius 2 is 2.08 bits per heavy atom. The smallest absolute Gasteiger partial charge is 0.272 e. The molecule has 2 aromatic rings. The number of likely N-dealkylation sites (tertiary alicyclic amines) is 1. The lowest BCUT2D eigenvalue weighted by Crippen LogP contribution is -2.39. The van der Waals surface area contributed by atoms with Gasteiger partial charge in [-0.15, -0.1) is 0 Å². The highest BCUT2D eigenvalue weighted by Crippen LogP contribution is 2.27. The summed E-state index contributed by atoms with van der Waals surface area (Å²) in [4.78, 5) is 25.9. The van der Waals surface area contributed by atoms with Gasteiger partial charge in [0.1, 0.15) is 5.69 Å².